The highest BCUT2D eigenvalue weighted by atomic mass is 16.1. The molecule has 0 bridgehead atoms. The Hall–Kier alpha value is -2.69. The van der Waals surface area contributed by atoms with Crippen molar-refractivity contribution in [1.82, 2.24) is 20.1 Å². The number of nitrogens with zero attached hydrogens (tertiary/aromatic N) is 3. The van der Waals surface area contributed by atoms with E-state index in [0.717, 1.165) is 30.3 Å². The number of amides is 1. The Labute approximate surface area is 141 Å². The third-order valence-corrected chi connectivity index (χ3v) is 3.98. The van der Waals surface area contributed by atoms with Crippen molar-refractivity contribution in [2.24, 2.45) is 0 Å². The molecule has 0 aliphatic heterocycles. The molecule has 0 radical (unpaired) electrons. The monoisotopic (exact) mass is 322 g/mol. The summed E-state index contributed by atoms with van der Waals surface area (Å²) in [5, 5.41) is 8.22. The number of unbranched alkanes of at least 4 members (excludes halogenated alkanes) is 2. The fraction of sp³-hybridized carbons (Fsp3) is 0.316. The Morgan fingerprint density at radius 1 is 1.17 bits per heavy atom. The van der Waals surface area contributed by atoms with Crippen LogP contribution < -0.4 is 5.32 Å². The zero-order valence-electron chi connectivity index (χ0n) is 13.9. The summed E-state index contributed by atoms with van der Waals surface area (Å²) in [6.07, 6.45) is 6.67. The lowest BCUT2D eigenvalue weighted by atomic mass is 10.2. The minimum Gasteiger partial charge on any atom is -0.352 e. The molecule has 3 rings (SSSR count). The molecular formula is C19H22N4O. The maximum atomic E-state index is 12.2. The van der Waals surface area contributed by atoms with Crippen LogP contribution in [0.3, 0.4) is 0 Å². The number of carbonyl (C=O) groups excluding carboxylic acids is 1. The second-order valence-electron chi connectivity index (χ2n) is 5.89. The van der Waals surface area contributed by atoms with Crippen molar-refractivity contribution >= 4 is 16.9 Å². The number of benzene rings is 1. The molecule has 0 saturated heterocycles. The molecule has 0 aliphatic carbocycles. The van der Waals surface area contributed by atoms with Gasteiger partial charge in [-0.1, -0.05) is 50.1 Å². The molecule has 124 valence electrons. The third kappa shape index (κ3) is 3.79. The van der Waals surface area contributed by atoms with Gasteiger partial charge in [0.05, 0.1) is 18.3 Å². The molecule has 5 nitrogen and oxygen atoms in total. The minimum atomic E-state index is -0.0729. The SMILES string of the molecule is CCCCCNC(=O)c1cnc2c(cnn2Cc2ccccc2)c1. The molecule has 24 heavy (non-hydrogen) atoms. The van der Waals surface area contributed by atoms with E-state index in [4.69, 9.17) is 0 Å². The van der Waals surface area contributed by atoms with E-state index in [2.05, 4.69) is 34.5 Å². The molecule has 1 amide bonds. The smallest absolute Gasteiger partial charge is 0.252 e. The van der Waals surface area contributed by atoms with Crippen LogP contribution in [-0.2, 0) is 6.54 Å². The van der Waals surface area contributed by atoms with Gasteiger partial charge in [0.2, 0.25) is 0 Å². The molecule has 2 heterocycles. The van der Waals surface area contributed by atoms with E-state index in [1.54, 1.807) is 12.4 Å². The molecule has 0 spiro atoms. The van der Waals surface area contributed by atoms with Gasteiger partial charge in [0.15, 0.2) is 5.65 Å². The first-order valence-electron chi connectivity index (χ1n) is 8.41. The summed E-state index contributed by atoms with van der Waals surface area (Å²) in [6.45, 7) is 3.52. The van der Waals surface area contributed by atoms with Gasteiger partial charge >= 0.3 is 0 Å². The van der Waals surface area contributed by atoms with Crippen LogP contribution in [0.15, 0.2) is 48.8 Å². The fourth-order valence-corrected chi connectivity index (χ4v) is 2.65. The maximum absolute atomic E-state index is 12.2. The summed E-state index contributed by atoms with van der Waals surface area (Å²) in [7, 11) is 0. The lowest BCUT2D eigenvalue weighted by Gasteiger charge is -2.06. The highest BCUT2D eigenvalue weighted by Crippen LogP contribution is 2.14. The van der Waals surface area contributed by atoms with Crippen LogP contribution in [0.4, 0.5) is 0 Å². The average Bonchev–Trinajstić information content (AvgIpc) is 3.01. The van der Waals surface area contributed by atoms with Crippen LogP contribution in [0.5, 0.6) is 0 Å². The number of rotatable bonds is 7. The molecule has 1 N–H and O–H groups in total. The Morgan fingerprint density at radius 2 is 2.00 bits per heavy atom. The lowest BCUT2D eigenvalue weighted by Crippen LogP contribution is -2.24. The summed E-state index contributed by atoms with van der Waals surface area (Å²) in [5.74, 6) is -0.0729. The normalized spacial score (nSPS) is 10.9. The quantitative estimate of drug-likeness (QED) is 0.678. The summed E-state index contributed by atoms with van der Waals surface area (Å²) in [4.78, 5) is 16.6. The Kier molecular flexibility index (Phi) is 5.21. The first-order valence-corrected chi connectivity index (χ1v) is 8.41. The van der Waals surface area contributed by atoms with E-state index < -0.39 is 0 Å². The molecular weight excluding hydrogens is 300 g/mol. The van der Waals surface area contributed by atoms with Crippen LogP contribution in [-0.4, -0.2) is 27.2 Å². The standard InChI is InChI=1S/C19H22N4O/c1-2-3-7-10-20-19(24)17-11-16-13-22-23(18(16)21-12-17)14-15-8-5-4-6-9-15/h4-6,8-9,11-13H,2-3,7,10,14H2,1H3,(H,20,24). The highest BCUT2D eigenvalue weighted by molar-refractivity contribution is 5.96. The fourth-order valence-electron chi connectivity index (χ4n) is 2.65. The summed E-state index contributed by atoms with van der Waals surface area (Å²) in [5.41, 5.74) is 2.54. The van der Waals surface area contributed by atoms with Crippen molar-refractivity contribution in [3.63, 3.8) is 0 Å². The minimum absolute atomic E-state index is 0.0729. The molecule has 0 saturated carbocycles. The summed E-state index contributed by atoms with van der Waals surface area (Å²) in [6, 6.07) is 12.0. The van der Waals surface area contributed by atoms with Crippen molar-refractivity contribution in [3.8, 4) is 0 Å². The second-order valence-corrected chi connectivity index (χ2v) is 5.89. The molecule has 3 aromatic rings. The van der Waals surface area contributed by atoms with Crippen LogP contribution >= 0.6 is 0 Å². The van der Waals surface area contributed by atoms with Crippen molar-refractivity contribution < 1.29 is 4.79 Å². The third-order valence-electron chi connectivity index (χ3n) is 3.98. The second kappa shape index (κ2) is 7.73. The van der Waals surface area contributed by atoms with Gasteiger partial charge in [0.1, 0.15) is 0 Å². The Bertz CT molecular complexity index is 811. The van der Waals surface area contributed by atoms with Crippen LogP contribution in [0.25, 0.3) is 11.0 Å². The van der Waals surface area contributed by atoms with E-state index >= 15 is 0 Å². The molecule has 0 atom stereocenters. The van der Waals surface area contributed by atoms with Crippen molar-refractivity contribution in [2.45, 2.75) is 32.7 Å². The highest BCUT2D eigenvalue weighted by Gasteiger charge is 2.10. The number of pyridine rings is 1. The first kappa shape index (κ1) is 16.2. The van der Waals surface area contributed by atoms with Gasteiger partial charge in [0.25, 0.3) is 5.91 Å². The van der Waals surface area contributed by atoms with Crippen molar-refractivity contribution in [2.75, 3.05) is 6.54 Å². The first-order chi connectivity index (χ1) is 11.8. The number of hydrogen-bond donors (Lipinski definition) is 1. The van der Waals surface area contributed by atoms with Gasteiger partial charge in [-0.25, -0.2) is 9.67 Å². The van der Waals surface area contributed by atoms with E-state index in [1.807, 2.05) is 28.9 Å². The number of nitrogens with one attached hydrogen (secondary N) is 1. The van der Waals surface area contributed by atoms with Crippen molar-refractivity contribution in [3.05, 3.63) is 59.9 Å². The average molecular weight is 322 g/mol. The topological polar surface area (TPSA) is 59.8 Å². The largest absolute Gasteiger partial charge is 0.352 e. The van der Waals surface area contributed by atoms with Gasteiger partial charge in [-0.15, -0.1) is 0 Å². The number of carbonyl (C=O) groups is 1. The molecule has 2 aromatic heterocycles. The molecule has 0 unspecified atom stereocenters. The van der Waals surface area contributed by atoms with Gasteiger partial charge in [-0.2, -0.15) is 5.10 Å². The van der Waals surface area contributed by atoms with Crippen LogP contribution in [0.1, 0.15) is 42.1 Å². The Morgan fingerprint density at radius 3 is 2.79 bits per heavy atom. The van der Waals surface area contributed by atoms with Gasteiger partial charge in [-0.05, 0) is 18.1 Å². The van der Waals surface area contributed by atoms with Gasteiger partial charge < -0.3 is 5.32 Å². The van der Waals surface area contributed by atoms with Gasteiger partial charge in [0, 0.05) is 18.1 Å². The Balaban J connectivity index is 1.72. The molecule has 1 aromatic carbocycles. The summed E-state index contributed by atoms with van der Waals surface area (Å²) >= 11 is 0. The number of aromatic nitrogens is 3. The summed E-state index contributed by atoms with van der Waals surface area (Å²) < 4.78 is 1.85. The zero-order chi connectivity index (χ0) is 16.8. The molecule has 0 aliphatic rings. The molecule has 0 fully saturated rings. The van der Waals surface area contributed by atoms with E-state index in [1.165, 1.54) is 5.56 Å². The maximum Gasteiger partial charge on any atom is 0.252 e. The predicted octanol–water partition coefficient (Wildman–Crippen LogP) is 3.40. The van der Waals surface area contributed by atoms with Crippen LogP contribution in [0, 0.1) is 0 Å². The van der Waals surface area contributed by atoms with E-state index in [-0.39, 0.29) is 5.91 Å². The zero-order valence-corrected chi connectivity index (χ0v) is 13.9. The number of hydrogen-bond acceptors (Lipinski definition) is 3. The van der Waals surface area contributed by atoms with Gasteiger partial charge in [-0.3, -0.25) is 4.79 Å². The predicted molar refractivity (Wildman–Crippen MR) is 94.9 cm³/mol. The van der Waals surface area contributed by atoms with E-state index in [0.29, 0.717) is 18.7 Å². The number of fused-ring (bicyclic) bond motifs is 1. The lowest BCUT2D eigenvalue weighted by molar-refractivity contribution is 0.0953. The van der Waals surface area contributed by atoms with E-state index in [9.17, 15) is 4.79 Å². The van der Waals surface area contributed by atoms with Crippen LogP contribution in [0.2, 0.25) is 0 Å². The van der Waals surface area contributed by atoms with Crippen molar-refractivity contribution in [1.29, 1.82) is 0 Å². The molecule has 5 heteroatoms.